The van der Waals surface area contributed by atoms with Crippen LogP contribution < -0.4 is 5.32 Å². The van der Waals surface area contributed by atoms with Gasteiger partial charge in [-0.2, -0.15) is 0 Å². The number of imidazole rings is 1. The molecule has 1 saturated carbocycles. The first-order chi connectivity index (χ1) is 8.72. The Hall–Kier alpha value is -1.20. The smallest absolute Gasteiger partial charge is 0.107 e. The van der Waals surface area contributed by atoms with Gasteiger partial charge in [-0.15, -0.1) is 11.3 Å². The molecule has 96 valence electrons. The molecule has 0 atom stereocenters. The van der Waals surface area contributed by atoms with Crippen LogP contribution in [0.15, 0.2) is 11.7 Å². The van der Waals surface area contributed by atoms with E-state index in [1.165, 1.54) is 23.5 Å². The van der Waals surface area contributed by atoms with Crippen molar-refractivity contribution in [3.05, 3.63) is 33.8 Å². The first kappa shape index (κ1) is 11.9. The Morgan fingerprint density at radius 1 is 1.44 bits per heavy atom. The van der Waals surface area contributed by atoms with Gasteiger partial charge in [0.25, 0.3) is 0 Å². The van der Waals surface area contributed by atoms with Crippen molar-refractivity contribution in [3.8, 4) is 0 Å². The summed E-state index contributed by atoms with van der Waals surface area (Å²) in [5.74, 6) is 0. The fraction of sp³-hybridized carbons (Fsp3) is 0.538. The summed E-state index contributed by atoms with van der Waals surface area (Å²) in [6, 6.07) is 0.746. The fourth-order valence-electron chi connectivity index (χ4n) is 1.90. The Morgan fingerprint density at radius 3 is 2.94 bits per heavy atom. The zero-order chi connectivity index (χ0) is 12.5. The van der Waals surface area contributed by atoms with Crippen LogP contribution in [0, 0.1) is 13.8 Å². The number of nitrogens with zero attached hydrogens (tertiary/aromatic N) is 3. The van der Waals surface area contributed by atoms with E-state index in [9.17, 15) is 0 Å². The van der Waals surface area contributed by atoms with Crippen molar-refractivity contribution >= 4 is 11.3 Å². The number of aryl methyl sites for hydroxylation is 1. The minimum absolute atomic E-state index is 0.746. The van der Waals surface area contributed by atoms with Gasteiger partial charge in [-0.1, -0.05) is 0 Å². The lowest BCUT2D eigenvalue weighted by atomic mass is 10.3. The molecule has 0 radical (unpaired) electrons. The highest BCUT2D eigenvalue weighted by molar-refractivity contribution is 7.09. The van der Waals surface area contributed by atoms with Crippen molar-refractivity contribution in [1.82, 2.24) is 19.9 Å². The van der Waals surface area contributed by atoms with Crippen LogP contribution in [0.2, 0.25) is 0 Å². The maximum atomic E-state index is 4.66. The lowest BCUT2D eigenvalue weighted by Crippen LogP contribution is -2.15. The van der Waals surface area contributed by atoms with Gasteiger partial charge in [0, 0.05) is 23.7 Å². The van der Waals surface area contributed by atoms with E-state index in [-0.39, 0.29) is 0 Å². The molecule has 1 aliphatic carbocycles. The summed E-state index contributed by atoms with van der Waals surface area (Å²) in [7, 11) is 0. The Labute approximate surface area is 111 Å². The first-order valence-electron chi connectivity index (χ1n) is 6.37. The van der Waals surface area contributed by atoms with E-state index in [0.717, 1.165) is 30.5 Å². The molecule has 0 aliphatic heterocycles. The fourth-order valence-corrected chi connectivity index (χ4v) is 2.64. The quantitative estimate of drug-likeness (QED) is 0.898. The van der Waals surface area contributed by atoms with Gasteiger partial charge in [-0.3, -0.25) is 0 Å². The molecule has 18 heavy (non-hydrogen) atoms. The molecule has 0 saturated heterocycles. The zero-order valence-corrected chi connectivity index (χ0v) is 11.6. The maximum Gasteiger partial charge on any atom is 0.107 e. The van der Waals surface area contributed by atoms with Crippen molar-refractivity contribution in [1.29, 1.82) is 0 Å². The van der Waals surface area contributed by atoms with Gasteiger partial charge in [0.2, 0.25) is 0 Å². The van der Waals surface area contributed by atoms with E-state index in [1.54, 1.807) is 11.3 Å². The highest BCUT2D eigenvalue weighted by atomic mass is 32.1. The molecule has 0 bridgehead atoms. The topological polar surface area (TPSA) is 42.7 Å². The van der Waals surface area contributed by atoms with E-state index in [4.69, 9.17) is 0 Å². The van der Waals surface area contributed by atoms with Gasteiger partial charge >= 0.3 is 0 Å². The van der Waals surface area contributed by atoms with Crippen LogP contribution in [0.25, 0.3) is 0 Å². The standard InChI is InChI=1S/C13H18N4S/c1-9-10(2)17(8-15-9)6-12-7-18-13(16-12)5-14-11-3-4-11/h7-8,11,14H,3-6H2,1-2H3. The lowest BCUT2D eigenvalue weighted by Gasteiger charge is -2.02. The van der Waals surface area contributed by atoms with E-state index >= 15 is 0 Å². The second-order valence-corrected chi connectivity index (χ2v) is 5.87. The number of nitrogens with one attached hydrogen (secondary N) is 1. The summed E-state index contributed by atoms with van der Waals surface area (Å²) < 4.78 is 2.16. The predicted molar refractivity (Wildman–Crippen MR) is 72.8 cm³/mol. The van der Waals surface area contributed by atoms with Crippen molar-refractivity contribution in [2.45, 2.75) is 45.8 Å². The van der Waals surface area contributed by atoms with E-state index in [2.05, 4.69) is 32.2 Å². The normalized spacial score (nSPS) is 15.2. The molecule has 4 nitrogen and oxygen atoms in total. The SMILES string of the molecule is Cc1ncn(Cc2csc(CNC3CC3)n2)c1C. The summed E-state index contributed by atoms with van der Waals surface area (Å²) in [5.41, 5.74) is 3.45. The third-order valence-corrected chi connectivity index (χ3v) is 4.29. The van der Waals surface area contributed by atoms with Gasteiger partial charge in [-0.05, 0) is 26.7 Å². The maximum absolute atomic E-state index is 4.66. The second-order valence-electron chi connectivity index (χ2n) is 4.93. The molecule has 0 aromatic carbocycles. The average Bonchev–Trinajstić information content (AvgIpc) is 3.02. The molecule has 0 amide bonds. The van der Waals surface area contributed by atoms with Gasteiger partial charge < -0.3 is 9.88 Å². The first-order valence-corrected chi connectivity index (χ1v) is 7.25. The lowest BCUT2D eigenvalue weighted by molar-refractivity contribution is 0.678. The Bertz CT molecular complexity index is 539. The van der Waals surface area contributed by atoms with Crippen LogP contribution in [0.1, 0.15) is 34.9 Å². The highest BCUT2D eigenvalue weighted by Crippen LogP contribution is 2.20. The number of hydrogen-bond acceptors (Lipinski definition) is 4. The van der Waals surface area contributed by atoms with E-state index in [0.29, 0.717) is 0 Å². The zero-order valence-electron chi connectivity index (χ0n) is 10.8. The average molecular weight is 262 g/mol. The van der Waals surface area contributed by atoms with Crippen LogP contribution in [0.4, 0.5) is 0 Å². The minimum atomic E-state index is 0.746. The molecule has 2 aromatic rings. The summed E-state index contributed by atoms with van der Waals surface area (Å²) >= 11 is 1.74. The number of rotatable bonds is 5. The van der Waals surface area contributed by atoms with Gasteiger partial charge in [0.05, 0.1) is 24.3 Å². The van der Waals surface area contributed by atoms with Crippen LogP contribution >= 0.6 is 11.3 Å². The molecule has 2 heterocycles. The van der Waals surface area contributed by atoms with E-state index < -0.39 is 0 Å². The van der Waals surface area contributed by atoms with Crippen molar-refractivity contribution in [2.24, 2.45) is 0 Å². The summed E-state index contributed by atoms with van der Waals surface area (Å²) in [6.45, 7) is 5.88. The molecular formula is C13H18N4S. The monoisotopic (exact) mass is 262 g/mol. The molecule has 5 heteroatoms. The summed E-state index contributed by atoms with van der Waals surface area (Å²) in [4.78, 5) is 8.98. The van der Waals surface area contributed by atoms with Gasteiger partial charge in [0.15, 0.2) is 0 Å². The predicted octanol–water partition coefficient (Wildman–Crippen LogP) is 2.26. The Balaban J connectivity index is 1.63. The van der Waals surface area contributed by atoms with Crippen molar-refractivity contribution in [3.63, 3.8) is 0 Å². The van der Waals surface area contributed by atoms with Crippen LogP contribution in [0.5, 0.6) is 0 Å². The molecule has 1 aliphatic rings. The van der Waals surface area contributed by atoms with Crippen LogP contribution in [-0.4, -0.2) is 20.6 Å². The third kappa shape index (κ3) is 2.62. The van der Waals surface area contributed by atoms with Crippen molar-refractivity contribution < 1.29 is 0 Å². The molecule has 3 rings (SSSR count). The molecule has 0 unspecified atom stereocenters. The second kappa shape index (κ2) is 4.82. The number of aromatic nitrogens is 3. The molecule has 0 spiro atoms. The Kier molecular flexibility index (Phi) is 3.18. The highest BCUT2D eigenvalue weighted by Gasteiger charge is 2.20. The number of hydrogen-bond donors (Lipinski definition) is 1. The van der Waals surface area contributed by atoms with Gasteiger partial charge in [0.1, 0.15) is 5.01 Å². The van der Waals surface area contributed by atoms with E-state index in [1.807, 2.05) is 13.3 Å². The molecular weight excluding hydrogens is 244 g/mol. The largest absolute Gasteiger partial charge is 0.329 e. The number of thiazole rings is 1. The Morgan fingerprint density at radius 2 is 2.28 bits per heavy atom. The third-order valence-electron chi connectivity index (χ3n) is 3.40. The molecule has 2 aromatic heterocycles. The summed E-state index contributed by atoms with van der Waals surface area (Å²) in [5, 5.41) is 6.83. The van der Waals surface area contributed by atoms with Crippen molar-refractivity contribution in [2.75, 3.05) is 0 Å². The molecule has 1 N–H and O–H groups in total. The molecule has 1 fully saturated rings. The summed E-state index contributed by atoms with van der Waals surface area (Å²) in [6.07, 6.45) is 4.55. The van der Waals surface area contributed by atoms with Gasteiger partial charge in [-0.25, -0.2) is 9.97 Å². The van der Waals surface area contributed by atoms with Crippen LogP contribution in [0.3, 0.4) is 0 Å². The minimum Gasteiger partial charge on any atom is -0.329 e. The van der Waals surface area contributed by atoms with Crippen LogP contribution in [-0.2, 0) is 13.1 Å².